The van der Waals surface area contributed by atoms with Gasteiger partial charge in [0.2, 0.25) is 0 Å². The molecule has 4 rings (SSSR count). The fraction of sp³-hybridized carbons (Fsp3) is 0.0968. The first-order valence-electron chi connectivity index (χ1n) is 11.8. The summed E-state index contributed by atoms with van der Waals surface area (Å²) in [5, 5.41) is 39.9. The molecular formula is C31H20N8. The fourth-order valence-electron chi connectivity index (χ4n) is 4.29. The van der Waals surface area contributed by atoms with Crippen LogP contribution in [0.5, 0.6) is 0 Å². The number of aromatic nitrogens is 4. The van der Waals surface area contributed by atoms with Crippen molar-refractivity contribution in [1.29, 1.82) is 21.0 Å². The van der Waals surface area contributed by atoms with Crippen LogP contribution in [0.25, 0.3) is 50.0 Å². The Balaban J connectivity index is 2.43. The number of rotatable bonds is 4. The van der Waals surface area contributed by atoms with Crippen LogP contribution in [-0.4, -0.2) is 19.9 Å². The third-order valence-corrected chi connectivity index (χ3v) is 6.04. The predicted octanol–water partition coefficient (Wildman–Crippen LogP) is 4.40. The van der Waals surface area contributed by atoms with Crippen molar-refractivity contribution in [1.82, 2.24) is 19.9 Å². The molecule has 0 N–H and O–H groups in total. The average molecular weight is 505 g/mol. The number of hydrogen-bond donors (Lipinski definition) is 0. The van der Waals surface area contributed by atoms with Crippen LogP contribution in [-0.2, 0) is 0 Å². The number of aryl methyl sites for hydroxylation is 2. The van der Waals surface area contributed by atoms with Gasteiger partial charge >= 0.3 is 0 Å². The monoisotopic (exact) mass is 504 g/mol. The van der Waals surface area contributed by atoms with Crippen molar-refractivity contribution < 1.29 is 0 Å². The molecule has 0 amide bonds. The minimum atomic E-state index is -0.241. The van der Waals surface area contributed by atoms with E-state index in [0.717, 1.165) is 5.56 Å². The standard InChI is InChI=1S/C31H20N8/c1-5-7-11-20(6-2)26-18(3)36-28-25(23(16-34)17-35)31-29(24(30(28)38-26)22(14-32)15-33)37-19(4)27(39-31)21-12-9-8-10-13-21/h5-13H,2H2,1,3-4H3/b7-5-,20-11+. The van der Waals surface area contributed by atoms with Crippen LogP contribution in [0.1, 0.15) is 24.0 Å². The van der Waals surface area contributed by atoms with Gasteiger partial charge in [-0.1, -0.05) is 61.2 Å². The Bertz CT molecular complexity index is 2010. The van der Waals surface area contributed by atoms with Crippen LogP contribution in [0, 0.1) is 59.2 Å². The first kappa shape index (κ1) is 26.1. The fourth-order valence-corrected chi connectivity index (χ4v) is 4.29. The smallest absolute Gasteiger partial charge is 0.141 e. The predicted molar refractivity (Wildman–Crippen MR) is 149 cm³/mol. The highest BCUT2D eigenvalue weighted by molar-refractivity contribution is 6.01. The van der Waals surface area contributed by atoms with Gasteiger partial charge < -0.3 is 0 Å². The third-order valence-electron chi connectivity index (χ3n) is 6.04. The van der Waals surface area contributed by atoms with E-state index in [0.29, 0.717) is 28.3 Å². The van der Waals surface area contributed by atoms with Gasteiger partial charge in [0.15, 0.2) is 0 Å². The number of allylic oxidation sites excluding steroid dienone is 5. The number of fused-ring (bicyclic) bond motifs is 2. The van der Waals surface area contributed by atoms with Gasteiger partial charge in [-0.05, 0) is 20.8 Å². The van der Waals surface area contributed by atoms with Gasteiger partial charge in [0.25, 0.3) is 0 Å². The van der Waals surface area contributed by atoms with Crippen molar-refractivity contribution in [3.8, 4) is 35.5 Å². The van der Waals surface area contributed by atoms with Crippen molar-refractivity contribution in [2.24, 2.45) is 0 Å². The summed E-state index contributed by atoms with van der Waals surface area (Å²) >= 11 is 0. The summed E-state index contributed by atoms with van der Waals surface area (Å²) in [5.74, 6) is 0. The summed E-state index contributed by atoms with van der Waals surface area (Å²) in [7, 11) is 0. The SMILES string of the molecule is C=C/C(=C\C=C/C)c1nc2c(=C(C#N)C#N)c3nc(C)c(-c4ccccc4)nc3c(=C(C#N)C#N)c2nc1C. The van der Waals surface area contributed by atoms with Gasteiger partial charge in [-0.25, -0.2) is 19.9 Å². The van der Waals surface area contributed by atoms with E-state index in [1.54, 1.807) is 19.9 Å². The van der Waals surface area contributed by atoms with Crippen LogP contribution in [0.4, 0.5) is 0 Å². The van der Waals surface area contributed by atoms with Crippen molar-refractivity contribution in [3.05, 3.63) is 88.7 Å². The second-order valence-electron chi connectivity index (χ2n) is 8.37. The van der Waals surface area contributed by atoms with E-state index in [-0.39, 0.29) is 43.7 Å². The number of benzene rings is 2. The number of nitrogens with zero attached hydrogens (tertiary/aromatic N) is 8. The minimum Gasteiger partial charge on any atom is -0.248 e. The molecule has 4 aromatic rings. The molecule has 0 aliphatic rings. The Morgan fingerprint density at radius 1 is 0.744 bits per heavy atom. The van der Waals surface area contributed by atoms with Crippen molar-refractivity contribution in [2.45, 2.75) is 20.8 Å². The average Bonchev–Trinajstić information content (AvgIpc) is 2.96. The first-order chi connectivity index (χ1) is 18.9. The molecule has 39 heavy (non-hydrogen) atoms. The van der Waals surface area contributed by atoms with Gasteiger partial charge in [0, 0.05) is 11.1 Å². The molecule has 0 unspecified atom stereocenters. The quantitative estimate of drug-likeness (QED) is 0.293. The molecular weight excluding hydrogens is 484 g/mol. The zero-order valence-corrected chi connectivity index (χ0v) is 21.5. The Morgan fingerprint density at radius 2 is 1.26 bits per heavy atom. The highest BCUT2D eigenvalue weighted by atomic mass is 14.9. The first-order valence-corrected chi connectivity index (χ1v) is 11.8. The molecule has 0 saturated heterocycles. The Hall–Kier alpha value is -5.96. The van der Waals surface area contributed by atoms with E-state index < -0.39 is 0 Å². The highest BCUT2D eigenvalue weighted by Gasteiger charge is 2.21. The molecule has 8 heteroatoms. The van der Waals surface area contributed by atoms with Gasteiger partial charge in [-0.3, -0.25) is 0 Å². The molecule has 0 saturated carbocycles. The van der Waals surface area contributed by atoms with Gasteiger partial charge in [0.1, 0.15) is 57.5 Å². The van der Waals surface area contributed by atoms with E-state index in [9.17, 15) is 21.0 Å². The zero-order valence-electron chi connectivity index (χ0n) is 21.5. The Morgan fingerprint density at radius 3 is 1.77 bits per heavy atom. The highest BCUT2D eigenvalue weighted by Crippen LogP contribution is 2.24. The maximum absolute atomic E-state index is 9.91. The van der Waals surface area contributed by atoms with Crippen molar-refractivity contribution in [2.75, 3.05) is 0 Å². The molecule has 0 fully saturated rings. The Kier molecular flexibility index (Phi) is 7.35. The van der Waals surface area contributed by atoms with Crippen molar-refractivity contribution in [3.63, 3.8) is 0 Å². The summed E-state index contributed by atoms with van der Waals surface area (Å²) in [6.45, 7) is 9.27. The molecule has 2 heterocycles. The summed E-state index contributed by atoms with van der Waals surface area (Å²) in [6.07, 6.45) is 7.12. The molecule has 2 aromatic heterocycles. The van der Waals surface area contributed by atoms with E-state index in [4.69, 9.17) is 19.9 Å². The van der Waals surface area contributed by atoms with Crippen LogP contribution in [0.3, 0.4) is 0 Å². The Labute approximate surface area is 224 Å². The van der Waals surface area contributed by atoms with Crippen LogP contribution in [0.15, 0.2) is 61.2 Å². The van der Waals surface area contributed by atoms with Gasteiger partial charge in [0.05, 0.1) is 33.2 Å². The lowest BCUT2D eigenvalue weighted by Gasteiger charge is -2.13. The summed E-state index contributed by atoms with van der Waals surface area (Å²) < 4.78 is 0. The zero-order chi connectivity index (χ0) is 28.1. The van der Waals surface area contributed by atoms with Crippen LogP contribution in [0.2, 0.25) is 0 Å². The lowest BCUT2D eigenvalue weighted by Crippen LogP contribution is -2.24. The number of hydrogen-bond acceptors (Lipinski definition) is 8. The summed E-state index contributed by atoms with van der Waals surface area (Å²) in [4.78, 5) is 19.2. The molecule has 184 valence electrons. The second-order valence-corrected chi connectivity index (χ2v) is 8.37. The number of nitriles is 4. The van der Waals surface area contributed by atoms with E-state index in [2.05, 4.69) is 6.58 Å². The third kappa shape index (κ3) is 4.51. The van der Waals surface area contributed by atoms with E-state index >= 15 is 0 Å². The van der Waals surface area contributed by atoms with Crippen molar-refractivity contribution >= 4 is 38.8 Å². The molecule has 0 aliphatic carbocycles. The lowest BCUT2D eigenvalue weighted by molar-refractivity contribution is 1.13. The van der Waals surface area contributed by atoms with Gasteiger partial charge in [-0.2, -0.15) is 21.0 Å². The maximum Gasteiger partial charge on any atom is 0.141 e. The van der Waals surface area contributed by atoms with E-state index in [1.807, 2.05) is 79.8 Å². The lowest BCUT2D eigenvalue weighted by atomic mass is 10.0. The molecule has 0 atom stereocenters. The van der Waals surface area contributed by atoms with Crippen LogP contribution < -0.4 is 10.4 Å². The topological polar surface area (TPSA) is 147 Å². The summed E-state index contributed by atoms with van der Waals surface area (Å²) in [5.41, 5.74) is 3.69. The normalized spacial score (nSPS) is 11.0. The molecule has 0 radical (unpaired) electrons. The largest absolute Gasteiger partial charge is 0.248 e. The van der Waals surface area contributed by atoms with Crippen LogP contribution >= 0.6 is 0 Å². The maximum atomic E-state index is 9.91. The molecule has 2 aromatic carbocycles. The summed E-state index contributed by atoms with van der Waals surface area (Å²) in [6, 6.07) is 17.1. The minimum absolute atomic E-state index is 0.141. The second kappa shape index (κ2) is 11.0. The van der Waals surface area contributed by atoms with E-state index in [1.165, 1.54) is 0 Å². The molecule has 0 aliphatic heterocycles. The molecule has 0 bridgehead atoms. The van der Waals surface area contributed by atoms with Gasteiger partial charge in [-0.15, -0.1) is 0 Å². The molecule has 8 nitrogen and oxygen atoms in total. The molecule has 0 spiro atoms.